The minimum atomic E-state index is -0.465. The molecule has 0 radical (unpaired) electrons. The molecule has 0 aromatic rings. The van der Waals surface area contributed by atoms with Gasteiger partial charge in [-0.2, -0.15) is 0 Å². The lowest BCUT2D eigenvalue weighted by Gasteiger charge is -1.96. The van der Waals surface area contributed by atoms with Crippen LogP contribution in [0.4, 0.5) is 0 Å². The molecule has 66 valence electrons. The lowest BCUT2D eigenvalue weighted by atomic mass is 10.2. The molecular weight excluding hydrogens is 156 g/mol. The van der Waals surface area contributed by atoms with Crippen LogP contribution in [0.1, 0.15) is 19.8 Å². The Hall–Kier alpha value is -1.01. The number of carbonyl (C=O) groups excluding carboxylic acids is 1. The molecular formula is C9H12O3. The zero-order chi connectivity index (χ0) is 8.81. The number of carbonyl (C=O) groups is 1. The first-order valence-corrected chi connectivity index (χ1v) is 4.13. The monoisotopic (exact) mass is 168 g/mol. The van der Waals surface area contributed by atoms with Gasteiger partial charge in [0.2, 0.25) is 0 Å². The van der Waals surface area contributed by atoms with E-state index < -0.39 is 5.97 Å². The quantitative estimate of drug-likeness (QED) is 0.329. The summed E-state index contributed by atoms with van der Waals surface area (Å²) in [4.78, 5) is 10.7. The van der Waals surface area contributed by atoms with E-state index in [9.17, 15) is 4.79 Å². The van der Waals surface area contributed by atoms with Gasteiger partial charge in [0, 0.05) is 12.5 Å². The second-order valence-electron chi connectivity index (χ2n) is 2.49. The van der Waals surface area contributed by atoms with Crippen LogP contribution in [0.3, 0.4) is 0 Å². The standard InChI is InChI=1S/C9H12O3/c1-2-11-9(10)6-5-8-4-3-7-12-8/h8H,2-4,7H2,1H3. The molecule has 0 aromatic carbocycles. The Morgan fingerprint density at radius 1 is 1.75 bits per heavy atom. The molecule has 0 aliphatic carbocycles. The minimum Gasteiger partial charge on any atom is -0.456 e. The molecule has 0 N–H and O–H groups in total. The van der Waals surface area contributed by atoms with Gasteiger partial charge >= 0.3 is 5.97 Å². The highest BCUT2D eigenvalue weighted by molar-refractivity contribution is 5.88. The van der Waals surface area contributed by atoms with Crippen molar-refractivity contribution in [3.8, 4) is 11.8 Å². The summed E-state index contributed by atoms with van der Waals surface area (Å²) in [5.74, 6) is 4.64. The topological polar surface area (TPSA) is 35.5 Å². The smallest absolute Gasteiger partial charge is 0.384 e. The summed E-state index contributed by atoms with van der Waals surface area (Å²) >= 11 is 0. The van der Waals surface area contributed by atoms with Gasteiger partial charge in [0.15, 0.2) is 0 Å². The second-order valence-corrected chi connectivity index (χ2v) is 2.49. The molecule has 1 atom stereocenters. The highest BCUT2D eigenvalue weighted by Crippen LogP contribution is 2.09. The number of ether oxygens (including phenoxy) is 2. The van der Waals surface area contributed by atoms with Crippen LogP contribution in [-0.4, -0.2) is 25.3 Å². The normalized spacial score (nSPS) is 21.2. The molecule has 1 aliphatic heterocycles. The molecule has 1 heterocycles. The Labute approximate surface area is 72.0 Å². The summed E-state index contributed by atoms with van der Waals surface area (Å²) in [5.41, 5.74) is 0. The molecule has 0 amide bonds. The molecule has 1 rings (SSSR count). The van der Waals surface area contributed by atoms with Crippen molar-refractivity contribution in [1.29, 1.82) is 0 Å². The molecule has 1 aliphatic rings. The zero-order valence-electron chi connectivity index (χ0n) is 7.13. The van der Waals surface area contributed by atoms with Gasteiger partial charge in [-0.3, -0.25) is 0 Å². The van der Waals surface area contributed by atoms with Crippen molar-refractivity contribution in [2.75, 3.05) is 13.2 Å². The van der Waals surface area contributed by atoms with Crippen LogP contribution in [0, 0.1) is 11.8 Å². The van der Waals surface area contributed by atoms with Gasteiger partial charge in [-0.05, 0) is 19.8 Å². The molecule has 1 saturated heterocycles. The molecule has 0 spiro atoms. The summed E-state index contributed by atoms with van der Waals surface area (Å²) in [6.07, 6.45) is 1.89. The lowest BCUT2D eigenvalue weighted by Crippen LogP contribution is -2.04. The summed E-state index contributed by atoms with van der Waals surface area (Å²) in [5, 5.41) is 0. The van der Waals surface area contributed by atoms with E-state index in [0.29, 0.717) is 6.61 Å². The van der Waals surface area contributed by atoms with E-state index in [2.05, 4.69) is 16.6 Å². The predicted octanol–water partition coefficient (Wildman–Crippen LogP) is 0.732. The van der Waals surface area contributed by atoms with Crippen LogP contribution in [-0.2, 0) is 14.3 Å². The lowest BCUT2D eigenvalue weighted by molar-refractivity contribution is -0.136. The van der Waals surface area contributed by atoms with Crippen molar-refractivity contribution >= 4 is 5.97 Å². The van der Waals surface area contributed by atoms with Crippen molar-refractivity contribution in [3.63, 3.8) is 0 Å². The first kappa shape index (κ1) is 9.08. The molecule has 3 heteroatoms. The third-order valence-electron chi connectivity index (χ3n) is 1.54. The van der Waals surface area contributed by atoms with Crippen LogP contribution in [0.25, 0.3) is 0 Å². The molecule has 12 heavy (non-hydrogen) atoms. The van der Waals surface area contributed by atoms with Crippen LogP contribution >= 0.6 is 0 Å². The van der Waals surface area contributed by atoms with E-state index in [1.165, 1.54) is 0 Å². The third kappa shape index (κ3) is 2.93. The van der Waals surface area contributed by atoms with Crippen molar-refractivity contribution < 1.29 is 14.3 Å². The van der Waals surface area contributed by atoms with Gasteiger partial charge in [-0.1, -0.05) is 5.92 Å². The van der Waals surface area contributed by atoms with E-state index in [1.807, 2.05) is 0 Å². The maximum Gasteiger partial charge on any atom is 0.384 e. The third-order valence-corrected chi connectivity index (χ3v) is 1.54. The predicted molar refractivity (Wildman–Crippen MR) is 43.4 cm³/mol. The minimum absolute atomic E-state index is 0.0607. The van der Waals surface area contributed by atoms with Crippen LogP contribution < -0.4 is 0 Å². The molecule has 0 saturated carbocycles. The maximum absolute atomic E-state index is 10.7. The fourth-order valence-electron chi connectivity index (χ4n) is 0.998. The van der Waals surface area contributed by atoms with Crippen LogP contribution in [0.5, 0.6) is 0 Å². The zero-order valence-corrected chi connectivity index (χ0v) is 7.13. The Balaban J connectivity index is 2.30. The van der Waals surface area contributed by atoms with Crippen LogP contribution in [0.2, 0.25) is 0 Å². The van der Waals surface area contributed by atoms with Gasteiger partial charge in [0.05, 0.1) is 6.61 Å². The highest BCUT2D eigenvalue weighted by atomic mass is 16.5. The molecule has 1 unspecified atom stereocenters. The van der Waals surface area contributed by atoms with Gasteiger partial charge in [-0.15, -0.1) is 0 Å². The Bertz CT molecular complexity index is 206. The molecule has 3 nitrogen and oxygen atoms in total. The van der Waals surface area contributed by atoms with Gasteiger partial charge in [-0.25, -0.2) is 4.79 Å². The second kappa shape index (κ2) is 4.78. The number of esters is 1. The number of rotatable bonds is 1. The van der Waals surface area contributed by atoms with Crippen LogP contribution in [0.15, 0.2) is 0 Å². The summed E-state index contributed by atoms with van der Waals surface area (Å²) in [6.45, 7) is 2.88. The Morgan fingerprint density at radius 3 is 3.17 bits per heavy atom. The van der Waals surface area contributed by atoms with E-state index in [-0.39, 0.29) is 6.10 Å². The van der Waals surface area contributed by atoms with Crippen molar-refractivity contribution in [1.82, 2.24) is 0 Å². The molecule has 1 fully saturated rings. The fourth-order valence-corrected chi connectivity index (χ4v) is 0.998. The van der Waals surface area contributed by atoms with Gasteiger partial charge < -0.3 is 9.47 Å². The molecule has 0 aromatic heterocycles. The number of hydrogen-bond acceptors (Lipinski definition) is 3. The first-order valence-electron chi connectivity index (χ1n) is 4.13. The Kier molecular flexibility index (Phi) is 3.62. The van der Waals surface area contributed by atoms with E-state index >= 15 is 0 Å². The summed E-state index contributed by atoms with van der Waals surface area (Å²) < 4.78 is 9.83. The first-order chi connectivity index (χ1) is 5.83. The van der Waals surface area contributed by atoms with Gasteiger partial charge in [0.1, 0.15) is 6.10 Å². The highest BCUT2D eigenvalue weighted by Gasteiger charge is 2.12. The SMILES string of the molecule is CCOC(=O)C#CC1CCCO1. The van der Waals surface area contributed by atoms with E-state index in [0.717, 1.165) is 19.4 Å². The van der Waals surface area contributed by atoms with Crippen molar-refractivity contribution in [2.24, 2.45) is 0 Å². The van der Waals surface area contributed by atoms with Crippen molar-refractivity contribution in [3.05, 3.63) is 0 Å². The fraction of sp³-hybridized carbons (Fsp3) is 0.667. The summed E-state index contributed by atoms with van der Waals surface area (Å²) in [7, 11) is 0. The summed E-state index contributed by atoms with van der Waals surface area (Å²) in [6, 6.07) is 0. The largest absolute Gasteiger partial charge is 0.456 e. The Morgan fingerprint density at radius 2 is 2.58 bits per heavy atom. The maximum atomic E-state index is 10.7. The van der Waals surface area contributed by atoms with Crippen molar-refractivity contribution in [2.45, 2.75) is 25.9 Å². The number of hydrogen-bond donors (Lipinski definition) is 0. The van der Waals surface area contributed by atoms with Gasteiger partial charge in [0.25, 0.3) is 0 Å². The average Bonchev–Trinajstić information content (AvgIpc) is 2.53. The molecule has 0 bridgehead atoms. The average molecular weight is 168 g/mol. The van der Waals surface area contributed by atoms with E-state index in [1.54, 1.807) is 6.92 Å². The van der Waals surface area contributed by atoms with E-state index in [4.69, 9.17) is 4.74 Å².